The first kappa shape index (κ1) is 17.5. The van der Waals surface area contributed by atoms with Crippen LogP contribution in [0.4, 0.5) is 0 Å². The minimum absolute atomic E-state index is 0.216. The van der Waals surface area contributed by atoms with Crippen LogP contribution in [0.5, 0.6) is 5.75 Å². The molecule has 1 aromatic carbocycles. The van der Waals surface area contributed by atoms with Crippen LogP contribution in [-0.2, 0) is 4.79 Å². The zero-order chi connectivity index (χ0) is 16.5. The first-order chi connectivity index (χ1) is 11.2. The van der Waals surface area contributed by atoms with Gasteiger partial charge in [-0.05, 0) is 48.8 Å². The number of thiocarbonyl (C=S) groups is 1. The van der Waals surface area contributed by atoms with E-state index in [9.17, 15) is 4.79 Å². The number of carbonyl (C=O) groups is 1. The summed E-state index contributed by atoms with van der Waals surface area (Å²) in [5.41, 5.74) is 0.934. The minimum atomic E-state index is -0.216. The number of hydrogen-bond donors (Lipinski definition) is 2. The lowest BCUT2D eigenvalue weighted by Crippen LogP contribution is -2.43. The van der Waals surface area contributed by atoms with Gasteiger partial charge in [-0.15, -0.1) is 0 Å². The fourth-order valence-electron chi connectivity index (χ4n) is 2.69. The average molecular weight is 332 g/mol. The van der Waals surface area contributed by atoms with Gasteiger partial charge >= 0.3 is 0 Å². The molecule has 2 rings (SSSR count). The summed E-state index contributed by atoms with van der Waals surface area (Å²) in [7, 11) is 1.63. The number of rotatable bonds is 4. The molecule has 0 bridgehead atoms. The minimum Gasteiger partial charge on any atom is -0.497 e. The van der Waals surface area contributed by atoms with Crippen LogP contribution in [0.3, 0.4) is 0 Å². The summed E-state index contributed by atoms with van der Waals surface area (Å²) in [4.78, 5) is 11.9. The fourth-order valence-corrected chi connectivity index (χ4v) is 2.95. The Bertz CT molecular complexity index is 547. The second-order valence-electron chi connectivity index (χ2n) is 5.76. The van der Waals surface area contributed by atoms with Crippen molar-refractivity contribution < 1.29 is 9.53 Å². The molecule has 0 atom stereocenters. The van der Waals surface area contributed by atoms with Gasteiger partial charge in [-0.3, -0.25) is 10.1 Å². The Hall–Kier alpha value is -1.88. The molecule has 0 heterocycles. The Morgan fingerprint density at radius 1 is 1.17 bits per heavy atom. The molecule has 1 fully saturated rings. The van der Waals surface area contributed by atoms with Gasteiger partial charge in [0.2, 0.25) is 5.91 Å². The second-order valence-corrected chi connectivity index (χ2v) is 6.17. The number of amides is 1. The van der Waals surface area contributed by atoms with E-state index in [2.05, 4.69) is 10.6 Å². The molecule has 0 radical (unpaired) electrons. The molecule has 1 aromatic rings. The van der Waals surface area contributed by atoms with Crippen LogP contribution in [0.25, 0.3) is 6.08 Å². The van der Waals surface area contributed by atoms with Gasteiger partial charge in [0.25, 0.3) is 0 Å². The van der Waals surface area contributed by atoms with Gasteiger partial charge in [0.05, 0.1) is 7.11 Å². The molecule has 1 saturated carbocycles. The lowest BCUT2D eigenvalue weighted by Gasteiger charge is -2.17. The maximum Gasteiger partial charge on any atom is 0.250 e. The first-order valence-electron chi connectivity index (χ1n) is 8.11. The van der Waals surface area contributed by atoms with E-state index in [4.69, 9.17) is 17.0 Å². The van der Waals surface area contributed by atoms with Gasteiger partial charge in [0.15, 0.2) is 5.11 Å². The van der Waals surface area contributed by atoms with E-state index in [1.54, 1.807) is 13.2 Å². The van der Waals surface area contributed by atoms with Crippen LogP contribution in [0.1, 0.15) is 44.1 Å². The van der Waals surface area contributed by atoms with Crippen LogP contribution >= 0.6 is 12.2 Å². The standard InChI is InChI=1S/C18H24N2O2S/c1-22-16-11-8-14(9-12-16)10-13-17(21)20-18(23)19-15-6-4-2-3-5-7-15/h8-13,15H,2-7H2,1H3,(H2,19,20,21,23)/b13-10+. The Morgan fingerprint density at radius 3 is 2.43 bits per heavy atom. The van der Waals surface area contributed by atoms with E-state index in [0.717, 1.165) is 24.2 Å². The largest absolute Gasteiger partial charge is 0.497 e. The molecule has 0 aliphatic heterocycles. The Morgan fingerprint density at radius 2 is 1.83 bits per heavy atom. The Balaban J connectivity index is 1.78. The number of benzene rings is 1. The molecule has 1 amide bonds. The zero-order valence-corrected chi connectivity index (χ0v) is 14.3. The summed E-state index contributed by atoms with van der Waals surface area (Å²) in [5, 5.41) is 6.38. The predicted octanol–water partition coefficient (Wildman–Crippen LogP) is 3.42. The molecular formula is C18H24N2O2S. The smallest absolute Gasteiger partial charge is 0.250 e. The summed E-state index contributed by atoms with van der Waals surface area (Å²) < 4.78 is 5.10. The van der Waals surface area contributed by atoms with Crippen molar-refractivity contribution in [3.05, 3.63) is 35.9 Å². The summed E-state index contributed by atoms with van der Waals surface area (Å²) in [6.45, 7) is 0. The van der Waals surface area contributed by atoms with Gasteiger partial charge in [0.1, 0.15) is 5.75 Å². The highest BCUT2D eigenvalue weighted by Crippen LogP contribution is 2.17. The molecule has 0 aromatic heterocycles. The van der Waals surface area contributed by atoms with Crippen LogP contribution < -0.4 is 15.4 Å². The molecule has 23 heavy (non-hydrogen) atoms. The fraction of sp³-hybridized carbons (Fsp3) is 0.444. The van der Waals surface area contributed by atoms with Crippen molar-refractivity contribution in [1.82, 2.24) is 10.6 Å². The third kappa shape index (κ3) is 6.40. The molecular weight excluding hydrogens is 308 g/mol. The van der Waals surface area contributed by atoms with Crippen molar-refractivity contribution in [3.8, 4) is 5.75 Å². The van der Waals surface area contributed by atoms with E-state index < -0.39 is 0 Å². The van der Waals surface area contributed by atoms with E-state index in [-0.39, 0.29) is 5.91 Å². The van der Waals surface area contributed by atoms with Crippen LogP contribution in [0.2, 0.25) is 0 Å². The highest BCUT2D eigenvalue weighted by atomic mass is 32.1. The normalized spacial score (nSPS) is 15.9. The van der Waals surface area contributed by atoms with E-state index in [0.29, 0.717) is 11.2 Å². The van der Waals surface area contributed by atoms with Crippen molar-refractivity contribution in [2.45, 2.75) is 44.6 Å². The van der Waals surface area contributed by atoms with Gasteiger partial charge in [0, 0.05) is 12.1 Å². The first-order valence-corrected chi connectivity index (χ1v) is 8.52. The van der Waals surface area contributed by atoms with Crippen molar-refractivity contribution in [2.24, 2.45) is 0 Å². The van der Waals surface area contributed by atoms with Crippen molar-refractivity contribution in [2.75, 3.05) is 7.11 Å². The molecule has 1 aliphatic rings. The maximum absolute atomic E-state index is 11.9. The molecule has 0 unspecified atom stereocenters. The third-order valence-electron chi connectivity index (χ3n) is 3.97. The summed E-state index contributed by atoms with van der Waals surface area (Å²) in [5.74, 6) is 0.576. The van der Waals surface area contributed by atoms with E-state index >= 15 is 0 Å². The summed E-state index contributed by atoms with van der Waals surface area (Å²) in [6, 6.07) is 7.89. The number of carbonyl (C=O) groups excluding carboxylic acids is 1. The molecule has 0 saturated heterocycles. The highest BCUT2D eigenvalue weighted by Gasteiger charge is 2.13. The van der Waals surface area contributed by atoms with Crippen molar-refractivity contribution in [1.29, 1.82) is 0 Å². The maximum atomic E-state index is 11.9. The molecule has 5 heteroatoms. The van der Waals surface area contributed by atoms with Crippen LogP contribution in [-0.4, -0.2) is 24.2 Å². The Labute approximate surface area is 143 Å². The number of methoxy groups -OCH3 is 1. The lowest BCUT2D eigenvalue weighted by atomic mass is 10.1. The van der Waals surface area contributed by atoms with Crippen LogP contribution in [0.15, 0.2) is 30.3 Å². The quantitative estimate of drug-likeness (QED) is 0.504. The highest BCUT2D eigenvalue weighted by molar-refractivity contribution is 7.80. The number of nitrogens with one attached hydrogen (secondary N) is 2. The average Bonchev–Trinajstić information content (AvgIpc) is 2.82. The van der Waals surface area contributed by atoms with E-state index in [1.807, 2.05) is 24.3 Å². The third-order valence-corrected chi connectivity index (χ3v) is 4.19. The van der Waals surface area contributed by atoms with Crippen molar-refractivity contribution in [3.63, 3.8) is 0 Å². The van der Waals surface area contributed by atoms with Crippen molar-refractivity contribution >= 4 is 29.3 Å². The SMILES string of the molecule is COc1ccc(/C=C/C(=O)NC(=S)NC2CCCCCC2)cc1. The summed E-state index contributed by atoms with van der Waals surface area (Å²) in [6.07, 6.45) is 10.5. The monoisotopic (exact) mass is 332 g/mol. The van der Waals surface area contributed by atoms with E-state index in [1.165, 1.54) is 31.8 Å². The van der Waals surface area contributed by atoms with Gasteiger partial charge in [-0.2, -0.15) is 0 Å². The second kappa shape index (κ2) is 9.30. The Kier molecular flexibility index (Phi) is 7.07. The molecule has 4 nitrogen and oxygen atoms in total. The lowest BCUT2D eigenvalue weighted by molar-refractivity contribution is -0.115. The zero-order valence-electron chi connectivity index (χ0n) is 13.5. The van der Waals surface area contributed by atoms with Gasteiger partial charge in [-0.1, -0.05) is 37.8 Å². The topological polar surface area (TPSA) is 50.4 Å². The number of ether oxygens (including phenoxy) is 1. The molecule has 2 N–H and O–H groups in total. The molecule has 124 valence electrons. The summed E-state index contributed by atoms with van der Waals surface area (Å²) >= 11 is 5.23. The van der Waals surface area contributed by atoms with Crippen LogP contribution in [0, 0.1) is 0 Å². The number of hydrogen-bond acceptors (Lipinski definition) is 3. The predicted molar refractivity (Wildman–Crippen MR) is 97.4 cm³/mol. The van der Waals surface area contributed by atoms with Gasteiger partial charge in [-0.25, -0.2) is 0 Å². The molecule has 1 aliphatic carbocycles. The molecule has 0 spiro atoms. The van der Waals surface area contributed by atoms with Gasteiger partial charge < -0.3 is 10.1 Å².